The number of hydrogen-bond donors (Lipinski definition) is 2. The molecule has 0 aliphatic heterocycles. The second-order valence-electron chi connectivity index (χ2n) is 9.37. The van der Waals surface area contributed by atoms with Crippen LogP contribution >= 0.6 is 0 Å². The fraction of sp³-hybridized carbons (Fsp3) is 0.241. The van der Waals surface area contributed by atoms with Crippen molar-refractivity contribution in [2.75, 3.05) is 13.7 Å². The number of esters is 1. The molecule has 8 nitrogen and oxygen atoms in total. The Balaban J connectivity index is 1.17. The molecule has 1 fully saturated rings. The summed E-state index contributed by atoms with van der Waals surface area (Å²) in [6, 6.07) is 21.8. The fourth-order valence-electron chi connectivity index (χ4n) is 4.75. The van der Waals surface area contributed by atoms with Gasteiger partial charge in [0.2, 0.25) is 5.82 Å². The van der Waals surface area contributed by atoms with Crippen LogP contribution in [-0.4, -0.2) is 46.9 Å². The maximum absolute atomic E-state index is 14.8. The van der Waals surface area contributed by atoms with E-state index in [-0.39, 0.29) is 30.6 Å². The van der Waals surface area contributed by atoms with Crippen LogP contribution in [0.4, 0.5) is 4.39 Å². The van der Waals surface area contributed by atoms with Crippen molar-refractivity contribution in [3.05, 3.63) is 84.2 Å². The van der Waals surface area contributed by atoms with Crippen molar-refractivity contribution in [3.63, 3.8) is 0 Å². The number of methoxy groups -OCH3 is 1. The van der Waals surface area contributed by atoms with E-state index < -0.39 is 17.4 Å². The SMILES string of the molecule is COC(=O)C1(C(=O)O)CC(NCCc2ccc(-c3noc(-c4ccc(-c5ccccc5)c(F)c4)n3)cc2)C1. The molecule has 1 aliphatic rings. The summed E-state index contributed by atoms with van der Waals surface area (Å²) in [5.74, 6) is -1.57. The number of ether oxygens (including phenoxy) is 1. The summed E-state index contributed by atoms with van der Waals surface area (Å²) in [6.07, 6.45) is 1.15. The van der Waals surface area contributed by atoms with E-state index in [1.54, 1.807) is 12.1 Å². The highest BCUT2D eigenvalue weighted by atomic mass is 19.1. The first-order chi connectivity index (χ1) is 18.4. The van der Waals surface area contributed by atoms with Gasteiger partial charge in [-0.15, -0.1) is 0 Å². The molecular formula is C29H26FN3O5. The van der Waals surface area contributed by atoms with Gasteiger partial charge < -0.3 is 19.7 Å². The van der Waals surface area contributed by atoms with Crippen LogP contribution in [0.5, 0.6) is 0 Å². The maximum Gasteiger partial charge on any atom is 0.323 e. The third-order valence-electron chi connectivity index (χ3n) is 6.96. The Morgan fingerprint density at radius 2 is 1.76 bits per heavy atom. The molecule has 0 saturated heterocycles. The van der Waals surface area contributed by atoms with Gasteiger partial charge in [0.05, 0.1) is 7.11 Å². The largest absolute Gasteiger partial charge is 0.480 e. The molecule has 2 N–H and O–H groups in total. The molecule has 1 aromatic heterocycles. The average molecular weight is 516 g/mol. The Labute approximate surface area is 218 Å². The van der Waals surface area contributed by atoms with E-state index in [4.69, 9.17) is 4.52 Å². The predicted molar refractivity (Wildman–Crippen MR) is 137 cm³/mol. The van der Waals surface area contributed by atoms with E-state index >= 15 is 0 Å². The Bertz CT molecular complexity index is 1450. The van der Waals surface area contributed by atoms with Crippen LogP contribution < -0.4 is 5.32 Å². The normalized spacial score (nSPS) is 18.5. The minimum Gasteiger partial charge on any atom is -0.480 e. The number of rotatable bonds is 9. The lowest BCUT2D eigenvalue weighted by molar-refractivity contribution is -0.175. The van der Waals surface area contributed by atoms with Crippen LogP contribution in [0.1, 0.15) is 18.4 Å². The summed E-state index contributed by atoms with van der Waals surface area (Å²) < 4.78 is 24.8. The highest BCUT2D eigenvalue weighted by Crippen LogP contribution is 2.42. The molecule has 0 unspecified atom stereocenters. The van der Waals surface area contributed by atoms with Crippen LogP contribution in [0.2, 0.25) is 0 Å². The first kappa shape index (κ1) is 25.3. The van der Waals surface area contributed by atoms with Gasteiger partial charge in [0.1, 0.15) is 5.82 Å². The number of carboxylic acids is 1. The smallest absolute Gasteiger partial charge is 0.323 e. The molecule has 1 aliphatic carbocycles. The number of benzene rings is 3. The van der Waals surface area contributed by atoms with Crippen LogP contribution in [0.15, 0.2) is 77.3 Å². The van der Waals surface area contributed by atoms with Gasteiger partial charge in [0, 0.05) is 22.7 Å². The molecule has 1 saturated carbocycles. The van der Waals surface area contributed by atoms with Crippen molar-refractivity contribution >= 4 is 11.9 Å². The zero-order chi connectivity index (χ0) is 26.7. The van der Waals surface area contributed by atoms with Crippen LogP contribution in [0.3, 0.4) is 0 Å². The van der Waals surface area contributed by atoms with Gasteiger partial charge in [-0.05, 0) is 49.1 Å². The van der Waals surface area contributed by atoms with Crippen LogP contribution in [0, 0.1) is 11.2 Å². The minimum atomic E-state index is -1.44. The first-order valence-electron chi connectivity index (χ1n) is 12.2. The zero-order valence-corrected chi connectivity index (χ0v) is 20.7. The van der Waals surface area contributed by atoms with E-state index in [2.05, 4.69) is 20.2 Å². The first-order valence-corrected chi connectivity index (χ1v) is 12.2. The van der Waals surface area contributed by atoms with Gasteiger partial charge in [-0.3, -0.25) is 9.59 Å². The third kappa shape index (κ3) is 4.92. The van der Waals surface area contributed by atoms with E-state index in [1.807, 2.05) is 54.6 Å². The molecular weight excluding hydrogens is 489 g/mol. The number of aromatic nitrogens is 2. The Morgan fingerprint density at radius 1 is 1.05 bits per heavy atom. The molecule has 3 aromatic carbocycles. The van der Waals surface area contributed by atoms with Crippen molar-refractivity contribution in [1.82, 2.24) is 15.5 Å². The van der Waals surface area contributed by atoms with Crippen LogP contribution in [0.25, 0.3) is 34.0 Å². The van der Waals surface area contributed by atoms with Gasteiger partial charge in [-0.25, -0.2) is 4.39 Å². The van der Waals surface area contributed by atoms with Gasteiger partial charge in [0.15, 0.2) is 5.41 Å². The third-order valence-corrected chi connectivity index (χ3v) is 6.96. The molecule has 38 heavy (non-hydrogen) atoms. The summed E-state index contributed by atoms with van der Waals surface area (Å²) in [4.78, 5) is 27.8. The number of aliphatic carboxylic acids is 1. The van der Waals surface area contributed by atoms with Gasteiger partial charge >= 0.3 is 11.9 Å². The second kappa shape index (κ2) is 10.5. The standard InChI is InChI=1S/C29H26FN3O5/c1-37-28(36)29(27(34)35)16-22(17-29)31-14-13-18-7-9-20(10-8-18)25-32-26(38-33-25)21-11-12-23(24(30)15-21)19-5-3-2-4-6-19/h2-12,15,22,31H,13-14,16-17H2,1H3,(H,34,35). The number of hydrogen-bond acceptors (Lipinski definition) is 7. The van der Waals surface area contributed by atoms with Crippen molar-refractivity contribution in [3.8, 4) is 34.0 Å². The fourth-order valence-corrected chi connectivity index (χ4v) is 4.75. The summed E-state index contributed by atoms with van der Waals surface area (Å²) in [6.45, 7) is 0.637. The number of halogens is 1. The Kier molecular flexibility index (Phi) is 7.02. The lowest BCUT2D eigenvalue weighted by Crippen LogP contribution is -2.57. The molecule has 0 spiro atoms. The van der Waals surface area contributed by atoms with E-state index in [9.17, 15) is 19.1 Å². The number of nitrogens with zero attached hydrogens (tertiary/aromatic N) is 2. The van der Waals surface area contributed by atoms with Crippen molar-refractivity contribution in [2.24, 2.45) is 5.41 Å². The quantitative estimate of drug-likeness (QED) is 0.243. The molecule has 5 rings (SSSR count). The highest BCUT2D eigenvalue weighted by molar-refractivity contribution is 6.00. The lowest BCUT2D eigenvalue weighted by atomic mass is 9.65. The van der Waals surface area contributed by atoms with Crippen molar-refractivity contribution < 1.29 is 28.3 Å². The van der Waals surface area contributed by atoms with Gasteiger partial charge in [0.25, 0.3) is 5.89 Å². The van der Waals surface area contributed by atoms with Gasteiger partial charge in [-0.2, -0.15) is 4.98 Å². The molecule has 9 heteroatoms. The lowest BCUT2D eigenvalue weighted by Gasteiger charge is -2.42. The van der Waals surface area contributed by atoms with E-state index in [0.717, 1.165) is 23.1 Å². The molecule has 194 valence electrons. The summed E-state index contributed by atoms with van der Waals surface area (Å²) in [7, 11) is 1.20. The van der Waals surface area contributed by atoms with Crippen molar-refractivity contribution in [1.29, 1.82) is 0 Å². The summed E-state index contributed by atoms with van der Waals surface area (Å²) in [5, 5.41) is 16.7. The number of carbonyl (C=O) groups is 2. The van der Waals surface area contributed by atoms with Gasteiger partial charge in [-0.1, -0.05) is 65.8 Å². The monoisotopic (exact) mass is 515 g/mol. The topological polar surface area (TPSA) is 115 Å². The minimum absolute atomic E-state index is 0.0474. The summed E-state index contributed by atoms with van der Waals surface area (Å²) in [5.41, 5.74) is 2.19. The van der Waals surface area contributed by atoms with E-state index in [0.29, 0.717) is 23.5 Å². The molecule has 0 radical (unpaired) electrons. The van der Waals surface area contributed by atoms with E-state index in [1.165, 1.54) is 13.2 Å². The molecule has 0 amide bonds. The Hall–Kier alpha value is -4.37. The maximum atomic E-state index is 14.8. The predicted octanol–water partition coefficient (Wildman–Crippen LogP) is 4.75. The summed E-state index contributed by atoms with van der Waals surface area (Å²) >= 11 is 0. The highest BCUT2D eigenvalue weighted by Gasteiger charge is 2.57. The van der Waals surface area contributed by atoms with Crippen LogP contribution in [-0.2, 0) is 20.7 Å². The van der Waals surface area contributed by atoms with Crippen molar-refractivity contribution in [2.45, 2.75) is 25.3 Å². The zero-order valence-electron chi connectivity index (χ0n) is 20.7. The Morgan fingerprint density at radius 3 is 2.42 bits per heavy atom. The molecule has 4 aromatic rings. The second-order valence-corrected chi connectivity index (χ2v) is 9.37. The molecule has 0 atom stereocenters. The number of carboxylic acid groups (broad SMARTS) is 1. The molecule has 0 bridgehead atoms. The molecule has 1 heterocycles. The number of carbonyl (C=O) groups excluding carboxylic acids is 1. The average Bonchev–Trinajstić information content (AvgIpc) is 3.40. The number of nitrogens with one attached hydrogen (secondary N) is 1.